The van der Waals surface area contributed by atoms with E-state index in [9.17, 15) is 4.79 Å². The van der Waals surface area contributed by atoms with Gasteiger partial charge in [0.15, 0.2) is 0 Å². The summed E-state index contributed by atoms with van der Waals surface area (Å²) in [4.78, 5) is 13.5. The molecule has 1 aromatic rings. The normalized spacial score (nSPS) is 15.0. The molecule has 1 N–H and O–H groups in total. The van der Waals surface area contributed by atoms with Gasteiger partial charge in [0.05, 0.1) is 6.10 Å². The highest BCUT2D eigenvalue weighted by Crippen LogP contribution is 2.19. The van der Waals surface area contributed by atoms with Crippen LogP contribution >= 0.6 is 0 Å². The van der Waals surface area contributed by atoms with Crippen LogP contribution in [-0.2, 0) is 11.3 Å². The number of carbonyl (C=O) groups is 1. The molecular weight excluding hydrogens is 264 g/mol. The molecule has 1 aromatic carbocycles. The molecule has 1 aliphatic rings. The second-order valence-electron chi connectivity index (χ2n) is 5.79. The minimum Gasteiger partial charge on any atom is -0.491 e. The molecular formula is C17H26N2O2. The van der Waals surface area contributed by atoms with Crippen molar-refractivity contribution in [2.75, 3.05) is 19.6 Å². The van der Waals surface area contributed by atoms with E-state index in [0.717, 1.165) is 51.2 Å². The van der Waals surface area contributed by atoms with Crippen LogP contribution in [0.25, 0.3) is 0 Å². The van der Waals surface area contributed by atoms with Crippen molar-refractivity contribution >= 4 is 5.91 Å². The van der Waals surface area contributed by atoms with E-state index in [1.807, 2.05) is 36.9 Å². The second-order valence-corrected chi connectivity index (χ2v) is 5.79. The lowest BCUT2D eigenvalue weighted by Crippen LogP contribution is -2.28. The number of amides is 1. The number of hydrogen-bond acceptors (Lipinski definition) is 3. The van der Waals surface area contributed by atoms with Gasteiger partial charge in [0, 0.05) is 31.6 Å². The Morgan fingerprint density at radius 3 is 2.86 bits per heavy atom. The predicted octanol–water partition coefficient (Wildman–Crippen LogP) is 2.58. The fraction of sp³-hybridized carbons (Fsp3) is 0.588. The van der Waals surface area contributed by atoms with E-state index >= 15 is 0 Å². The largest absolute Gasteiger partial charge is 0.491 e. The summed E-state index contributed by atoms with van der Waals surface area (Å²) in [6, 6.07) is 8.14. The zero-order valence-electron chi connectivity index (χ0n) is 13.1. The lowest BCUT2D eigenvalue weighted by atomic mass is 10.2. The van der Waals surface area contributed by atoms with E-state index in [0.29, 0.717) is 5.91 Å². The van der Waals surface area contributed by atoms with E-state index in [1.54, 1.807) is 0 Å². The Bertz CT molecular complexity index is 460. The van der Waals surface area contributed by atoms with Crippen LogP contribution in [0.3, 0.4) is 0 Å². The first-order chi connectivity index (χ1) is 10.2. The average molecular weight is 290 g/mol. The Morgan fingerprint density at radius 2 is 2.14 bits per heavy atom. The number of nitrogens with zero attached hydrogens (tertiary/aromatic N) is 1. The Labute approximate surface area is 127 Å². The number of likely N-dealkylation sites (tertiary alicyclic amines) is 1. The molecule has 0 bridgehead atoms. The summed E-state index contributed by atoms with van der Waals surface area (Å²) in [6.45, 7) is 7.60. The number of nitrogens with one attached hydrogen (secondary N) is 1. The standard InChI is InChI=1S/C17H26N2O2/c1-14(2)21-16-8-4-3-7-15(16)13-18-10-6-12-19-11-5-9-17(19)20/h3-4,7-8,14,18H,5-6,9-13H2,1-2H3. The number of ether oxygens (including phenoxy) is 1. The van der Waals surface area contributed by atoms with Gasteiger partial charge in [0.1, 0.15) is 5.75 Å². The van der Waals surface area contributed by atoms with Crippen molar-refractivity contribution in [3.8, 4) is 5.75 Å². The fourth-order valence-corrected chi connectivity index (χ4v) is 2.58. The number of carbonyl (C=O) groups excluding carboxylic acids is 1. The minimum atomic E-state index is 0.187. The molecule has 1 heterocycles. The summed E-state index contributed by atoms with van der Waals surface area (Å²) in [7, 11) is 0. The van der Waals surface area contributed by atoms with Crippen molar-refractivity contribution in [2.24, 2.45) is 0 Å². The molecule has 0 radical (unpaired) electrons. The highest BCUT2D eigenvalue weighted by atomic mass is 16.5. The SMILES string of the molecule is CC(C)Oc1ccccc1CNCCCN1CCCC1=O. The molecule has 21 heavy (non-hydrogen) atoms. The van der Waals surface area contributed by atoms with E-state index in [4.69, 9.17) is 4.74 Å². The Kier molecular flexibility index (Phi) is 6.05. The molecule has 4 nitrogen and oxygen atoms in total. The lowest BCUT2D eigenvalue weighted by Gasteiger charge is -2.16. The van der Waals surface area contributed by atoms with Crippen LogP contribution in [0.2, 0.25) is 0 Å². The van der Waals surface area contributed by atoms with Crippen LogP contribution in [0.1, 0.15) is 38.7 Å². The van der Waals surface area contributed by atoms with Gasteiger partial charge >= 0.3 is 0 Å². The first-order valence-corrected chi connectivity index (χ1v) is 7.90. The van der Waals surface area contributed by atoms with Crippen LogP contribution < -0.4 is 10.1 Å². The Morgan fingerprint density at radius 1 is 1.33 bits per heavy atom. The molecule has 1 fully saturated rings. The van der Waals surface area contributed by atoms with Gasteiger partial charge in [-0.25, -0.2) is 0 Å². The van der Waals surface area contributed by atoms with Gasteiger partial charge in [-0.2, -0.15) is 0 Å². The summed E-state index contributed by atoms with van der Waals surface area (Å²) in [5, 5.41) is 3.44. The van der Waals surface area contributed by atoms with Gasteiger partial charge in [0.25, 0.3) is 0 Å². The summed E-state index contributed by atoms with van der Waals surface area (Å²) in [5.41, 5.74) is 1.18. The molecule has 1 aliphatic heterocycles. The van der Waals surface area contributed by atoms with E-state index in [2.05, 4.69) is 11.4 Å². The Hall–Kier alpha value is -1.55. The van der Waals surface area contributed by atoms with Crippen molar-refractivity contribution in [1.29, 1.82) is 0 Å². The summed E-state index contributed by atoms with van der Waals surface area (Å²) < 4.78 is 5.80. The number of para-hydroxylation sites is 1. The van der Waals surface area contributed by atoms with Crippen molar-refractivity contribution in [1.82, 2.24) is 10.2 Å². The lowest BCUT2D eigenvalue weighted by molar-refractivity contribution is -0.127. The van der Waals surface area contributed by atoms with Crippen molar-refractivity contribution in [3.63, 3.8) is 0 Å². The van der Waals surface area contributed by atoms with Crippen LogP contribution in [0, 0.1) is 0 Å². The van der Waals surface area contributed by atoms with Crippen molar-refractivity contribution < 1.29 is 9.53 Å². The van der Waals surface area contributed by atoms with E-state index in [-0.39, 0.29) is 6.10 Å². The first kappa shape index (κ1) is 15.8. The third kappa shape index (κ3) is 5.05. The average Bonchev–Trinajstić information content (AvgIpc) is 2.85. The third-order valence-electron chi connectivity index (χ3n) is 3.60. The van der Waals surface area contributed by atoms with Crippen molar-refractivity contribution in [2.45, 2.75) is 45.8 Å². The van der Waals surface area contributed by atoms with E-state index < -0.39 is 0 Å². The van der Waals surface area contributed by atoms with Gasteiger partial charge in [0.2, 0.25) is 5.91 Å². The molecule has 0 aromatic heterocycles. The molecule has 1 amide bonds. The molecule has 1 saturated heterocycles. The molecule has 0 atom stereocenters. The van der Waals surface area contributed by atoms with Gasteiger partial charge in [-0.15, -0.1) is 0 Å². The maximum Gasteiger partial charge on any atom is 0.222 e. The molecule has 2 rings (SSSR count). The zero-order chi connectivity index (χ0) is 15.1. The number of benzene rings is 1. The second kappa shape index (κ2) is 8.03. The smallest absolute Gasteiger partial charge is 0.222 e. The maximum absolute atomic E-state index is 11.5. The zero-order valence-corrected chi connectivity index (χ0v) is 13.1. The van der Waals surface area contributed by atoms with Crippen LogP contribution in [0.4, 0.5) is 0 Å². The van der Waals surface area contributed by atoms with E-state index in [1.165, 1.54) is 5.56 Å². The third-order valence-corrected chi connectivity index (χ3v) is 3.60. The Balaban J connectivity index is 1.69. The fourth-order valence-electron chi connectivity index (χ4n) is 2.58. The monoisotopic (exact) mass is 290 g/mol. The first-order valence-electron chi connectivity index (χ1n) is 7.90. The molecule has 0 saturated carbocycles. The van der Waals surface area contributed by atoms with Gasteiger partial charge in [-0.1, -0.05) is 18.2 Å². The number of hydrogen-bond donors (Lipinski definition) is 1. The van der Waals surface area contributed by atoms with Crippen LogP contribution in [0.5, 0.6) is 5.75 Å². The summed E-state index contributed by atoms with van der Waals surface area (Å²) in [5.74, 6) is 1.26. The van der Waals surface area contributed by atoms with Gasteiger partial charge in [-0.05, 0) is 39.3 Å². The molecule has 0 spiro atoms. The maximum atomic E-state index is 11.5. The van der Waals surface area contributed by atoms with Crippen LogP contribution in [-0.4, -0.2) is 36.5 Å². The highest BCUT2D eigenvalue weighted by Gasteiger charge is 2.18. The predicted molar refractivity (Wildman–Crippen MR) is 84.3 cm³/mol. The number of rotatable bonds is 8. The van der Waals surface area contributed by atoms with Crippen molar-refractivity contribution in [3.05, 3.63) is 29.8 Å². The minimum absolute atomic E-state index is 0.187. The molecule has 4 heteroatoms. The van der Waals surface area contributed by atoms with Crippen LogP contribution in [0.15, 0.2) is 24.3 Å². The quantitative estimate of drug-likeness (QED) is 0.748. The molecule has 0 unspecified atom stereocenters. The van der Waals surface area contributed by atoms with Gasteiger partial charge < -0.3 is 15.0 Å². The summed E-state index contributed by atoms with van der Waals surface area (Å²) >= 11 is 0. The topological polar surface area (TPSA) is 41.6 Å². The molecule has 0 aliphatic carbocycles. The molecule has 116 valence electrons. The summed E-state index contributed by atoms with van der Waals surface area (Å²) in [6.07, 6.45) is 2.94. The highest BCUT2D eigenvalue weighted by molar-refractivity contribution is 5.77. The van der Waals surface area contributed by atoms with Gasteiger partial charge in [-0.3, -0.25) is 4.79 Å².